The molecular weight excluding hydrogens is 367 g/mol. The van der Waals surface area contributed by atoms with Crippen LogP contribution in [0.5, 0.6) is 0 Å². The van der Waals surface area contributed by atoms with Gasteiger partial charge < -0.3 is 0 Å². The molecule has 0 aliphatic heterocycles. The zero-order valence-corrected chi connectivity index (χ0v) is 15.1. The molecule has 0 spiro atoms. The largest absolute Gasteiger partial charge is 0.266 e. The predicted molar refractivity (Wildman–Crippen MR) is 98.4 cm³/mol. The van der Waals surface area contributed by atoms with E-state index in [9.17, 15) is 8.42 Å². The Balaban J connectivity index is 2.18. The first kappa shape index (κ1) is 17.0. The number of benzene rings is 2. The highest BCUT2D eigenvalue weighted by Crippen LogP contribution is 2.32. The van der Waals surface area contributed by atoms with Gasteiger partial charge in [0.2, 0.25) is 0 Å². The number of hydrogen-bond donors (Lipinski definition) is 0. The van der Waals surface area contributed by atoms with Crippen LogP contribution in [0.1, 0.15) is 6.92 Å². The standard InChI is InChI=1S/C17H14Cl2N2O2S/c1-2-21(16-9-5-7-12-6-3-4-8-14(12)16)24(22,23)13-10-15(18)17(19)20-11-13/h3-11H,2H2,1H3. The highest BCUT2D eigenvalue weighted by molar-refractivity contribution is 7.92. The lowest BCUT2D eigenvalue weighted by Crippen LogP contribution is -2.31. The normalized spacial score (nSPS) is 11.6. The molecule has 1 heterocycles. The number of hydrogen-bond acceptors (Lipinski definition) is 3. The molecule has 0 fully saturated rings. The third-order valence-electron chi connectivity index (χ3n) is 3.68. The van der Waals surface area contributed by atoms with E-state index in [1.54, 1.807) is 13.0 Å². The van der Waals surface area contributed by atoms with Crippen LogP contribution in [0.25, 0.3) is 10.8 Å². The number of sulfonamides is 1. The fourth-order valence-electron chi connectivity index (χ4n) is 2.57. The maximum absolute atomic E-state index is 13.1. The monoisotopic (exact) mass is 380 g/mol. The van der Waals surface area contributed by atoms with E-state index in [-0.39, 0.29) is 21.6 Å². The van der Waals surface area contributed by atoms with Gasteiger partial charge in [0.1, 0.15) is 10.0 Å². The van der Waals surface area contributed by atoms with Crippen molar-refractivity contribution in [2.75, 3.05) is 10.8 Å². The summed E-state index contributed by atoms with van der Waals surface area (Å²) in [5.74, 6) is 0. The lowest BCUT2D eigenvalue weighted by atomic mass is 10.1. The van der Waals surface area contributed by atoms with Crippen molar-refractivity contribution in [1.82, 2.24) is 4.98 Å². The van der Waals surface area contributed by atoms with Crippen molar-refractivity contribution in [2.24, 2.45) is 0 Å². The van der Waals surface area contributed by atoms with Crippen LogP contribution in [0.2, 0.25) is 10.2 Å². The smallest absolute Gasteiger partial charge is 0.265 e. The maximum atomic E-state index is 13.1. The first-order chi connectivity index (χ1) is 11.4. The van der Waals surface area contributed by atoms with Crippen LogP contribution >= 0.6 is 23.2 Å². The Morgan fingerprint density at radius 3 is 2.50 bits per heavy atom. The summed E-state index contributed by atoms with van der Waals surface area (Å²) >= 11 is 11.7. The SMILES string of the molecule is CCN(c1cccc2ccccc12)S(=O)(=O)c1cnc(Cl)c(Cl)c1. The van der Waals surface area contributed by atoms with Crippen molar-refractivity contribution >= 4 is 49.7 Å². The Kier molecular flexibility index (Phi) is 4.67. The molecule has 3 aromatic rings. The molecular formula is C17H14Cl2N2O2S. The number of aromatic nitrogens is 1. The van der Waals surface area contributed by atoms with Gasteiger partial charge in [-0.05, 0) is 24.4 Å². The topological polar surface area (TPSA) is 50.3 Å². The van der Waals surface area contributed by atoms with Gasteiger partial charge in [-0.15, -0.1) is 0 Å². The Labute approximate surface area is 150 Å². The van der Waals surface area contributed by atoms with Crippen LogP contribution in [-0.4, -0.2) is 19.9 Å². The molecule has 24 heavy (non-hydrogen) atoms. The number of fused-ring (bicyclic) bond motifs is 1. The molecule has 0 amide bonds. The molecule has 1 aromatic heterocycles. The molecule has 0 atom stereocenters. The molecule has 0 saturated heterocycles. The maximum Gasteiger partial charge on any atom is 0.265 e. The fraction of sp³-hybridized carbons (Fsp3) is 0.118. The zero-order valence-electron chi connectivity index (χ0n) is 12.8. The lowest BCUT2D eigenvalue weighted by Gasteiger charge is -2.24. The van der Waals surface area contributed by atoms with E-state index in [0.29, 0.717) is 5.69 Å². The fourth-order valence-corrected chi connectivity index (χ4v) is 4.37. The van der Waals surface area contributed by atoms with Crippen LogP contribution in [-0.2, 0) is 10.0 Å². The highest BCUT2D eigenvalue weighted by Gasteiger charge is 2.26. The molecule has 0 radical (unpaired) electrons. The molecule has 0 N–H and O–H groups in total. The minimum Gasteiger partial charge on any atom is -0.266 e. The van der Waals surface area contributed by atoms with Gasteiger partial charge in [-0.2, -0.15) is 0 Å². The molecule has 3 rings (SSSR count). The second kappa shape index (κ2) is 6.59. The average Bonchev–Trinajstić information content (AvgIpc) is 2.58. The second-order valence-corrected chi connectivity index (χ2v) is 7.74. The van der Waals surface area contributed by atoms with Crippen molar-refractivity contribution in [3.05, 3.63) is 64.9 Å². The second-order valence-electron chi connectivity index (χ2n) is 5.11. The van der Waals surface area contributed by atoms with E-state index in [0.717, 1.165) is 10.8 Å². The van der Waals surface area contributed by atoms with Crippen LogP contribution in [0.15, 0.2) is 59.6 Å². The number of anilines is 1. The van der Waals surface area contributed by atoms with Gasteiger partial charge in [-0.3, -0.25) is 4.31 Å². The van der Waals surface area contributed by atoms with Crippen molar-refractivity contribution < 1.29 is 8.42 Å². The molecule has 0 bridgehead atoms. The molecule has 0 aliphatic rings. The Morgan fingerprint density at radius 2 is 1.79 bits per heavy atom. The molecule has 2 aromatic carbocycles. The van der Waals surface area contributed by atoms with Crippen LogP contribution < -0.4 is 4.31 Å². The van der Waals surface area contributed by atoms with Gasteiger partial charge in [0.05, 0.1) is 10.7 Å². The number of nitrogens with zero attached hydrogens (tertiary/aromatic N) is 2. The third-order valence-corrected chi connectivity index (χ3v) is 6.22. The molecule has 0 aliphatic carbocycles. The summed E-state index contributed by atoms with van der Waals surface area (Å²) in [6, 6.07) is 14.5. The van der Waals surface area contributed by atoms with Gasteiger partial charge in [0.25, 0.3) is 10.0 Å². The summed E-state index contributed by atoms with van der Waals surface area (Å²) in [5.41, 5.74) is 0.613. The first-order valence-corrected chi connectivity index (χ1v) is 9.46. The number of rotatable bonds is 4. The van der Waals surface area contributed by atoms with Crippen LogP contribution in [0.4, 0.5) is 5.69 Å². The molecule has 124 valence electrons. The van der Waals surface area contributed by atoms with Gasteiger partial charge >= 0.3 is 0 Å². The minimum atomic E-state index is -3.81. The summed E-state index contributed by atoms with van der Waals surface area (Å²) in [6.45, 7) is 2.06. The number of pyridine rings is 1. The summed E-state index contributed by atoms with van der Waals surface area (Å²) in [5, 5.41) is 2.00. The average molecular weight is 381 g/mol. The van der Waals surface area contributed by atoms with E-state index < -0.39 is 10.0 Å². The van der Waals surface area contributed by atoms with Crippen molar-refractivity contribution in [2.45, 2.75) is 11.8 Å². The van der Waals surface area contributed by atoms with Gasteiger partial charge in [-0.1, -0.05) is 59.6 Å². The molecule has 7 heteroatoms. The van der Waals surface area contributed by atoms with E-state index in [2.05, 4.69) is 4.98 Å². The Bertz CT molecular complexity index is 1000. The summed E-state index contributed by atoms with van der Waals surface area (Å²) < 4.78 is 27.5. The van der Waals surface area contributed by atoms with E-state index in [4.69, 9.17) is 23.2 Å². The molecule has 0 saturated carbocycles. The summed E-state index contributed by atoms with van der Waals surface area (Å²) in [4.78, 5) is 3.85. The quantitative estimate of drug-likeness (QED) is 0.613. The minimum absolute atomic E-state index is 0.00619. The van der Waals surface area contributed by atoms with Gasteiger partial charge in [0, 0.05) is 18.1 Å². The van der Waals surface area contributed by atoms with Crippen molar-refractivity contribution in [3.63, 3.8) is 0 Å². The van der Waals surface area contributed by atoms with Crippen LogP contribution in [0.3, 0.4) is 0 Å². The third kappa shape index (κ3) is 2.95. The summed E-state index contributed by atoms with van der Waals surface area (Å²) in [6.07, 6.45) is 1.22. The first-order valence-electron chi connectivity index (χ1n) is 7.26. The number of halogens is 2. The van der Waals surface area contributed by atoms with Crippen LogP contribution in [0, 0.1) is 0 Å². The summed E-state index contributed by atoms with van der Waals surface area (Å²) in [7, 11) is -3.81. The zero-order chi connectivity index (χ0) is 17.3. The predicted octanol–water partition coefficient (Wildman–Crippen LogP) is 4.76. The van der Waals surface area contributed by atoms with Crippen molar-refractivity contribution in [1.29, 1.82) is 0 Å². The molecule has 0 unspecified atom stereocenters. The lowest BCUT2D eigenvalue weighted by molar-refractivity contribution is 0.591. The van der Waals surface area contributed by atoms with E-state index >= 15 is 0 Å². The Morgan fingerprint density at radius 1 is 1.08 bits per heavy atom. The van der Waals surface area contributed by atoms with Crippen molar-refractivity contribution in [3.8, 4) is 0 Å². The Hall–Kier alpha value is -1.82. The van der Waals surface area contributed by atoms with Gasteiger partial charge in [0.15, 0.2) is 0 Å². The van der Waals surface area contributed by atoms with Gasteiger partial charge in [-0.25, -0.2) is 13.4 Å². The molecule has 4 nitrogen and oxygen atoms in total. The van der Waals surface area contributed by atoms with E-state index in [1.165, 1.54) is 16.6 Å². The van der Waals surface area contributed by atoms with E-state index in [1.807, 2.05) is 36.4 Å². The highest BCUT2D eigenvalue weighted by atomic mass is 35.5.